The van der Waals surface area contributed by atoms with E-state index in [1.807, 2.05) is 0 Å². The molecule has 0 amide bonds. The lowest BCUT2D eigenvalue weighted by molar-refractivity contribution is -0.131. The number of benzene rings is 1. The number of carbonyl (C=O) groups is 1. The molecule has 0 bridgehead atoms. The third-order valence-corrected chi connectivity index (χ3v) is 4.57. The van der Waals surface area contributed by atoms with Gasteiger partial charge < -0.3 is 5.11 Å². The Morgan fingerprint density at radius 1 is 1.42 bits per heavy atom. The molecule has 1 saturated carbocycles. The molecule has 1 aromatic carbocycles. The van der Waals surface area contributed by atoms with Crippen LogP contribution in [0.4, 0.5) is 0 Å². The van der Waals surface area contributed by atoms with Crippen molar-refractivity contribution in [2.75, 3.05) is 0 Å². The molecule has 0 aromatic heterocycles. The minimum atomic E-state index is -3.60. The third-order valence-electron chi connectivity index (χ3n) is 2.56. The summed E-state index contributed by atoms with van der Waals surface area (Å²) in [5.74, 6) is -1.08. The minimum Gasteiger partial charge on any atom is -0.478 e. The van der Waals surface area contributed by atoms with Crippen LogP contribution in [0.25, 0.3) is 6.08 Å². The van der Waals surface area contributed by atoms with Gasteiger partial charge in [0, 0.05) is 12.1 Å². The lowest BCUT2D eigenvalue weighted by Gasteiger charge is -2.07. The van der Waals surface area contributed by atoms with E-state index in [9.17, 15) is 13.2 Å². The normalized spacial score (nSPS) is 15.8. The van der Waals surface area contributed by atoms with Crippen LogP contribution in [-0.4, -0.2) is 25.5 Å². The summed E-state index contributed by atoms with van der Waals surface area (Å²) in [7, 11) is -3.60. The van der Waals surface area contributed by atoms with Gasteiger partial charge >= 0.3 is 5.97 Å². The quantitative estimate of drug-likeness (QED) is 0.813. The Labute approximate surface area is 115 Å². The van der Waals surface area contributed by atoms with Crippen LogP contribution in [0.15, 0.2) is 29.2 Å². The van der Waals surface area contributed by atoms with Gasteiger partial charge in [0.15, 0.2) is 0 Å². The Kier molecular flexibility index (Phi) is 3.93. The summed E-state index contributed by atoms with van der Waals surface area (Å²) < 4.78 is 26.5. The van der Waals surface area contributed by atoms with Gasteiger partial charge in [0.05, 0.1) is 5.02 Å². The number of halogens is 1. The number of hydrogen-bond acceptors (Lipinski definition) is 3. The van der Waals surface area contributed by atoms with E-state index < -0.39 is 16.0 Å². The molecule has 0 unspecified atom stereocenters. The standard InChI is InChI=1S/C12H12ClNO4S/c13-10-7-8(2-6-12(15)16)1-5-11(10)19(17,18)14-9-3-4-9/h1-2,5-7,9,14H,3-4H2,(H,15,16)/b6-2+. The molecular formula is C12H12ClNO4S. The molecule has 1 fully saturated rings. The van der Waals surface area contributed by atoms with Crippen molar-refractivity contribution >= 4 is 33.7 Å². The Morgan fingerprint density at radius 2 is 2.11 bits per heavy atom. The van der Waals surface area contributed by atoms with Crippen molar-refractivity contribution in [3.63, 3.8) is 0 Å². The Morgan fingerprint density at radius 3 is 2.63 bits per heavy atom. The monoisotopic (exact) mass is 301 g/mol. The summed E-state index contributed by atoms with van der Waals surface area (Å²) in [5, 5.41) is 8.58. The predicted molar refractivity (Wildman–Crippen MR) is 71.5 cm³/mol. The maximum atomic E-state index is 12.0. The van der Waals surface area contributed by atoms with E-state index in [0.29, 0.717) is 5.56 Å². The molecule has 0 aliphatic heterocycles. The molecule has 1 aliphatic rings. The molecule has 0 saturated heterocycles. The molecule has 5 nitrogen and oxygen atoms in total. The second kappa shape index (κ2) is 5.32. The van der Waals surface area contributed by atoms with Crippen LogP contribution in [0.3, 0.4) is 0 Å². The minimum absolute atomic E-state index is 0.00708. The van der Waals surface area contributed by atoms with Crippen molar-refractivity contribution in [2.45, 2.75) is 23.8 Å². The van der Waals surface area contributed by atoms with Gasteiger partial charge in [0.1, 0.15) is 4.90 Å². The lowest BCUT2D eigenvalue weighted by atomic mass is 10.2. The molecular weight excluding hydrogens is 290 g/mol. The van der Waals surface area contributed by atoms with Gasteiger partial charge in [-0.1, -0.05) is 17.7 Å². The highest BCUT2D eigenvalue weighted by atomic mass is 35.5. The van der Waals surface area contributed by atoms with Crippen LogP contribution in [-0.2, 0) is 14.8 Å². The first-order valence-corrected chi connectivity index (χ1v) is 7.47. The summed E-state index contributed by atoms with van der Waals surface area (Å²) in [4.78, 5) is 10.4. The van der Waals surface area contributed by atoms with Crippen LogP contribution in [0.2, 0.25) is 5.02 Å². The largest absolute Gasteiger partial charge is 0.478 e. The number of carboxylic acids is 1. The van der Waals surface area contributed by atoms with Crippen molar-refractivity contribution in [1.82, 2.24) is 4.72 Å². The van der Waals surface area contributed by atoms with Gasteiger partial charge in [-0.25, -0.2) is 17.9 Å². The van der Waals surface area contributed by atoms with E-state index >= 15 is 0 Å². The second-order valence-corrected chi connectivity index (χ2v) is 6.35. The maximum Gasteiger partial charge on any atom is 0.328 e. The number of hydrogen-bond donors (Lipinski definition) is 2. The molecule has 19 heavy (non-hydrogen) atoms. The zero-order chi connectivity index (χ0) is 14.0. The number of aliphatic carboxylic acids is 1. The Balaban J connectivity index is 2.25. The number of sulfonamides is 1. The number of carboxylic acid groups (broad SMARTS) is 1. The average molecular weight is 302 g/mol. The van der Waals surface area contributed by atoms with E-state index in [0.717, 1.165) is 18.9 Å². The molecule has 1 aromatic rings. The van der Waals surface area contributed by atoms with Crippen molar-refractivity contribution < 1.29 is 18.3 Å². The van der Waals surface area contributed by atoms with Crippen molar-refractivity contribution in [2.24, 2.45) is 0 Å². The number of rotatable bonds is 5. The Bertz CT molecular complexity index is 635. The third kappa shape index (κ3) is 3.79. The van der Waals surface area contributed by atoms with Crippen LogP contribution < -0.4 is 4.72 Å². The van der Waals surface area contributed by atoms with Crippen LogP contribution in [0.1, 0.15) is 18.4 Å². The van der Waals surface area contributed by atoms with Crippen molar-refractivity contribution in [3.8, 4) is 0 Å². The topological polar surface area (TPSA) is 83.5 Å². The predicted octanol–water partition coefficient (Wildman–Crippen LogP) is 1.88. The van der Waals surface area contributed by atoms with Crippen molar-refractivity contribution in [3.05, 3.63) is 34.9 Å². The highest BCUT2D eigenvalue weighted by Crippen LogP contribution is 2.27. The van der Waals surface area contributed by atoms with Gasteiger partial charge in [-0.05, 0) is 36.6 Å². The van der Waals surface area contributed by atoms with E-state index in [2.05, 4.69) is 4.72 Å². The summed E-state index contributed by atoms with van der Waals surface area (Å²) in [6.45, 7) is 0. The van der Waals surface area contributed by atoms with Gasteiger partial charge in [-0.3, -0.25) is 0 Å². The van der Waals surface area contributed by atoms with Gasteiger partial charge in [-0.15, -0.1) is 0 Å². The molecule has 0 atom stereocenters. The van der Waals surface area contributed by atoms with Gasteiger partial charge in [-0.2, -0.15) is 0 Å². The van der Waals surface area contributed by atoms with E-state index in [-0.39, 0.29) is 16.0 Å². The maximum absolute atomic E-state index is 12.0. The summed E-state index contributed by atoms with van der Waals surface area (Å²) in [5.41, 5.74) is 0.526. The van der Waals surface area contributed by atoms with Crippen LogP contribution in [0, 0.1) is 0 Å². The Hall–Kier alpha value is -1.37. The lowest BCUT2D eigenvalue weighted by Crippen LogP contribution is -2.25. The molecule has 0 spiro atoms. The summed E-state index contributed by atoms with van der Waals surface area (Å²) in [6.07, 6.45) is 3.99. The van der Waals surface area contributed by atoms with Gasteiger partial charge in [0.2, 0.25) is 10.0 Å². The van der Waals surface area contributed by atoms with Crippen LogP contribution in [0.5, 0.6) is 0 Å². The average Bonchev–Trinajstić information content (AvgIpc) is 3.09. The fourth-order valence-electron chi connectivity index (χ4n) is 1.49. The SMILES string of the molecule is O=C(O)/C=C/c1ccc(S(=O)(=O)NC2CC2)c(Cl)c1. The fourth-order valence-corrected chi connectivity index (χ4v) is 3.35. The molecule has 7 heteroatoms. The highest BCUT2D eigenvalue weighted by molar-refractivity contribution is 7.89. The fraction of sp³-hybridized carbons (Fsp3) is 0.250. The van der Waals surface area contributed by atoms with Crippen molar-refractivity contribution in [1.29, 1.82) is 0 Å². The van der Waals surface area contributed by atoms with Crippen LogP contribution >= 0.6 is 11.6 Å². The van der Waals surface area contributed by atoms with E-state index in [1.165, 1.54) is 24.3 Å². The molecule has 2 N–H and O–H groups in total. The zero-order valence-electron chi connectivity index (χ0n) is 9.84. The number of nitrogens with one attached hydrogen (secondary N) is 1. The zero-order valence-corrected chi connectivity index (χ0v) is 11.4. The molecule has 2 rings (SSSR count). The second-order valence-electron chi connectivity index (χ2n) is 4.26. The molecule has 0 radical (unpaired) electrons. The molecule has 1 aliphatic carbocycles. The first kappa shape index (κ1) is 14.0. The summed E-state index contributed by atoms with van der Waals surface area (Å²) in [6, 6.07) is 4.30. The summed E-state index contributed by atoms with van der Waals surface area (Å²) >= 11 is 5.93. The van der Waals surface area contributed by atoms with Gasteiger partial charge in [0.25, 0.3) is 0 Å². The van der Waals surface area contributed by atoms with E-state index in [4.69, 9.17) is 16.7 Å². The smallest absolute Gasteiger partial charge is 0.328 e. The first-order chi connectivity index (χ1) is 8.88. The molecule has 0 heterocycles. The highest BCUT2D eigenvalue weighted by Gasteiger charge is 2.29. The molecule has 102 valence electrons. The first-order valence-electron chi connectivity index (χ1n) is 5.61. The van der Waals surface area contributed by atoms with E-state index in [1.54, 1.807) is 0 Å².